The summed E-state index contributed by atoms with van der Waals surface area (Å²) in [4.78, 5) is 9.73. The van der Waals surface area contributed by atoms with Crippen LogP contribution in [0, 0.1) is 0 Å². The molecule has 1 N–H and O–H groups in total. The van der Waals surface area contributed by atoms with Gasteiger partial charge in [-0.15, -0.1) is 0 Å². The first kappa shape index (κ1) is 21.5. The third kappa shape index (κ3) is 8.16. The van der Waals surface area contributed by atoms with Crippen LogP contribution in [0.1, 0.15) is 137 Å². The van der Waals surface area contributed by atoms with E-state index in [1.807, 2.05) is 45.0 Å². The van der Waals surface area contributed by atoms with Crippen molar-refractivity contribution in [2.75, 3.05) is 0 Å². The van der Waals surface area contributed by atoms with E-state index in [1.165, 1.54) is 16.8 Å². The second kappa shape index (κ2) is 15.6. The van der Waals surface area contributed by atoms with E-state index in [9.17, 15) is 6.48 Å². The summed E-state index contributed by atoms with van der Waals surface area (Å²) in [6.45, 7) is -15.8. The van der Waals surface area contributed by atoms with Crippen molar-refractivity contribution in [3.05, 3.63) is 168 Å². The van der Waals surface area contributed by atoms with Gasteiger partial charge in [-0.2, -0.15) is 0 Å². The van der Waals surface area contributed by atoms with Crippen molar-refractivity contribution in [1.29, 1.82) is 0 Å². The third-order valence-corrected chi connectivity index (χ3v) is 10.7. The van der Waals surface area contributed by atoms with E-state index in [2.05, 4.69) is 4.98 Å². The summed E-state index contributed by atoms with van der Waals surface area (Å²) in [5, 5.41) is 13.0. The highest BCUT2D eigenvalue weighted by molar-refractivity contribution is 5.97. The molecule has 61 heavy (non-hydrogen) atoms. The third-order valence-electron chi connectivity index (χ3n) is 10.7. The van der Waals surface area contributed by atoms with Gasteiger partial charge in [0.05, 0.1) is 29.1 Å². The minimum atomic E-state index is -4.20. The SMILES string of the molecule is [2H]c1c([2H])c([2H])c(-c2ccnc(-c3cc(-c4cccc5c4nc(-c4cc(C(C([2H])([2H])[2H])(C([2H])([2H])[2H])C([2H])([2H])[2H])cc(C(C([2H])([2H])[2H])(C([2H])([2H])[2H])C([2H])([2H])[2H])c4O)n5-c4ccc(-c5ccccc5)c(C([2H])(C)C)c4)cc(C(C)(C)C)c3)c2)c([2H])c1[2H]. The first-order valence-corrected chi connectivity index (χ1v) is 19.6. The molecular formula is C57H59N3O. The molecule has 0 spiro atoms. The lowest BCUT2D eigenvalue weighted by molar-refractivity contribution is 0.446. The van der Waals surface area contributed by atoms with Gasteiger partial charge in [-0.3, -0.25) is 9.55 Å². The molecule has 0 unspecified atom stereocenters. The largest absolute Gasteiger partial charge is 0.507 e. The van der Waals surface area contributed by atoms with E-state index < -0.39 is 122 Å². The van der Waals surface area contributed by atoms with E-state index in [-0.39, 0.29) is 33.9 Å². The maximum absolute atomic E-state index is 13.0. The molecule has 0 fully saturated rings. The predicted octanol–water partition coefficient (Wildman–Crippen LogP) is 15.5. The molecule has 6 aromatic carbocycles. The molecule has 0 saturated carbocycles. The fourth-order valence-electron chi connectivity index (χ4n) is 7.54. The van der Waals surface area contributed by atoms with Gasteiger partial charge in [-0.1, -0.05) is 167 Å². The second-order valence-electron chi connectivity index (χ2n) is 16.4. The van der Waals surface area contributed by atoms with Gasteiger partial charge in [0.2, 0.25) is 0 Å². The quantitative estimate of drug-likeness (QED) is 0.174. The second-order valence-corrected chi connectivity index (χ2v) is 16.4. The molecule has 0 saturated heterocycles. The Morgan fingerprint density at radius 1 is 0.623 bits per heavy atom. The Labute approximate surface area is 396 Å². The molecule has 8 rings (SSSR count). The highest BCUT2D eigenvalue weighted by Gasteiger charge is 2.29. The molecule has 2 heterocycles. The summed E-state index contributed by atoms with van der Waals surface area (Å²) in [6.07, 6.45) is 1.42. The van der Waals surface area contributed by atoms with E-state index in [1.54, 1.807) is 80.6 Å². The number of hydrogen-bond donors (Lipinski definition) is 1. The molecule has 0 aliphatic rings. The van der Waals surface area contributed by atoms with Crippen LogP contribution in [0.5, 0.6) is 5.75 Å². The molecule has 0 amide bonds. The zero-order valence-electron chi connectivity index (χ0n) is 58.3. The van der Waals surface area contributed by atoms with Crippen LogP contribution in [0.4, 0.5) is 0 Å². The Morgan fingerprint density at radius 2 is 1.34 bits per heavy atom. The minimum absolute atomic E-state index is 0.0444. The number of pyridine rings is 1. The Kier molecular flexibility index (Phi) is 5.52. The highest BCUT2D eigenvalue weighted by Crippen LogP contribution is 2.45. The number of benzene rings is 6. The molecule has 4 nitrogen and oxygen atoms in total. The lowest BCUT2D eigenvalue weighted by Gasteiger charge is -2.27. The van der Waals surface area contributed by atoms with Gasteiger partial charge in [0.25, 0.3) is 0 Å². The molecule has 0 bridgehead atoms. The maximum atomic E-state index is 13.0. The maximum Gasteiger partial charge on any atom is 0.149 e. The molecule has 0 aliphatic carbocycles. The van der Waals surface area contributed by atoms with E-state index in [0.717, 1.165) is 0 Å². The Balaban J connectivity index is 1.59. The molecule has 308 valence electrons. The standard InChI is InChI=1S/C57H59N3O/c1-36(2)47-35-44(25-26-45(47)38-21-16-13-17-22-38)60-51-24-18-23-46(52(51)59-54(60)48-33-43(56(6,7)8)34-49(53(48)61)57(9,10)11)40-29-41(31-42(30-40)55(3,4)5)50-32-39(27-28-58-50)37-19-14-12-15-20-37/h12-36,61H,1-11H3/i6D3,7D3,8D3,9D3,10D3,11D3,12D,14D,15D,19D,20D,36D. The first-order valence-electron chi connectivity index (χ1n) is 31.6. The molecule has 0 radical (unpaired) electrons. The van der Waals surface area contributed by atoms with Crippen LogP contribution in [0.15, 0.2) is 146 Å². The molecule has 0 aliphatic heterocycles. The number of aromatic hydroxyl groups is 1. The van der Waals surface area contributed by atoms with Crippen LogP contribution in [0.3, 0.4) is 0 Å². The van der Waals surface area contributed by atoms with Gasteiger partial charge in [-0.25, -0.2) is 4.98 Å². The van der Waals surface area contributed by atoms with Gasteiger partial charge >= 0.3 is 0 Å². The van der Waals surface area contributed by atoms with Gasteiger partial charge in [0.1, 0.15) is 11.6 Å². The molecule has 0 atom stereocenters. The van der Waals surface area contributed by atoms with Gasteiger partial charge < -0.3 is 5.11 Å². The first-order chi connectivity index (χ1) is 38.8. The number of imidazole rings is 1. The van der Waals surface area contributed by atoms with Crippen molar-refractivity contribution in [3.8, 4) is 67.5 Å². The molecule has 2 aromatic heterocycles. The lowest BCUT2D eigenvalue weighted by atomic mass is 9.79. The molecular weight excluding hydrogens is 743 g/mol. The van der Waals surface area contributed by atoms with Crippen molar-refractivity contribution >= 4 is 11.0 Å². The average molecular weight is 826 g/mol. The number of rotatable bonds is 7. The summed E-state index contributed by atoms with van der Waals surface area (Å²) >= 11 is 0. The van der Waals surface area contributed by atoms with Crippen LogP contribution >= 0.6 is 0 Å². The van der Waals surface area contributed by atoms with Gasteiger partial charge in [0, 0.05) is 54.6 Å². The zero-order valence-corrected chi connectivity index (χ0v) is 34.3. The van der Waals surface area contributed by atoms with Crippen LogP contribution < -0.4 is 0 Å². The van der Waals surface area contributed by atoms with Crippen molar-refractivity contribution < 1.29 is 38.0 Å². The number of nitrogens with zero attached hydrogens (tertiary/aromatic N) is 3. The normalized spacial score (nSPS) is 19.6. The Hall–Kier alpha value is -6.26. The topological polar surface area (TPSA) is 50.9 Å². The van der Waals surface area contributed by atoms with Crippen LogP contribution in [-0.4, -0.2) is 19.6 Å². The van der Waals surface area contributed by atoms with Crippen molar-refractivity contribution in [2.45, 2.75) is 97.9 Å². The number of phenolic OH excluding ortho intramolecular Hbond substituents is 1. The number of fused-ring (bicyclic) bond motifs is 1. The minimum Gasteiger partial charge on any atom is -0.507 e. The molecule has 4 heteroatoms. The lowest BCUT2D eigenvalue weighted by Crippen LogP contribution is -2.17. The number of para-hydroxylation sites is 1. The van der Waals surface area contributed by atoms with Crippen LogP contribution in [0.25, 0.3) is 72.7 Å². The fourth-order valence-corrected chi connectivity index (χ4v) is 7.54. The fraction of sp³-hybridized carbons (Fsp3) is 0.263. The van der Waals surface area contributed by atoms with E-state index in [4.69, 9.17) is 36.5 Å². The number of phenols is 1. The Morgan fingerprint density at radius 3 is 2.05 bits per heavy atom. The van der Waals surface area contributed by atoms with Crippen molar-refractivity contribution in [2.24, 2.45) is 0 Å². The van der Waals surface area contributed by atoms with Gasteiger partial charge in [0.15, 0.2) is 0 Å². The van der Waals surface area contributed by atoms with E-state index in [0.29, 0.717) is 50.7 Å². The van der Waals surface area contributed by atoms with Crippen molar-refractivity contribution in [3.63, 3.8) is 0 Å². The van der Waals surface area contributed by atoms with Gasteiger partial charge in [-0.05, 0) is 115 Å². The molecule has 8 aromatic rings. The summed E-state index contributed by atoms with van der Waals surface area (Å²) in [5.74, 6) is -3.37. The monoisotopic (exact) mass is 826 g/mol. The highest BCUT2D eigenvalue weighted by atomic mass is 16.3. The van der Waals surface area contributed by atoms with Crippen LogP contribution in [-0.2, 0) is 16.2 Å². The smallest absolute Gasteiger partial charge is 0.149 e. The van der Waals surface area contributed by atoms with Crippen molar-refractivity contribution in [1.82, 2.24) is 14.5 Å². The summed E-state index contributed by atoms with van der Waals surface area (Å²) in [5.41, 5.74) is -8.18. The predicted molar refractivity (Wildman–Crippen MR) is 258 cm³/mol. The average Bonchev–Trinajstić information content (AvgIpc) is 1.02. The number of aromatic nitrogens is 3. The summed E-state index contributed by atoms with van der Waals surface area (Å²) in [6, 6.07) is 25.6. The summed E-state index contributed by atoms with van der Waals surface area (Å²) < 4.78 is 210. The van der Waals surface area contributed by atoms with Crippen LogP contribution in [0.2, 0.25) is 0 Å². The Bertz CT molecular complexity index is 3810. The zero-order chi connectivity index (χ0) is 63.7. The summed E-state index contributed by atoms with van der Waals surface area (Å²) in [7, 11) is 0. The van der Waals surface area contributed by atoms with E-state index >= 15 is 0 Å². The number of hydrogen-bond acceptors (Lipinski definition) is 3.